The maximum atomic E-state index is 11.5. The van der Waals surface area contributed by atoms with Gasteiger partial charge in [-0.25, -0.2) is 4.90 Å². The molecule has 0 radical (unpaired) electrons. The number of imide groups is 1. The fourth-order valence-corrected chi connectivity index (χ4v) is 1.50. The van der Waals surface area contributed by atoms with Crippen molar-refractivity contribution in [3.63, 3.8) is 0 Å². The largest absolute Gasteiger partial charge is 0.481 e. The molecule has 1 aliphatic rings. The van der Waals surface area contributed by atoms with Crippen molar-refractivity contribution < 1.29 is 29.4 Å². The number of benzene rings is 1. The van der Waals surface area contributed by atoms with Crippen LogP contribution in [0.4, 0.5) is 0 Å². The number of fused-ring (bicyclic) bond motifs is 1. The van der Waals surface area contributed by atoms with Crippen LogP contribution in [0.1, 0.15) is 27.1 Å². The van der Waals surface area contributed by atoms with Crippen LogP contribution in [-0.2, 0) is 9.59 Å². The second-order valence-corrected chi connectivity index (χ2v) is 3.67. The van der Waals surface area contributed by atoms with E-state index in [1.54, 1.807) is 24.3 Å². The van der Waals surface area contributed by atoms with Gasteiger partial charge in [0, 0.05) is 6.20 Å². The number of carboxylic acid groups (broad SMARTS) is 2. The van der Waals surface area contributed by atoms with Gasteiger partial charge in [-0.1, -0.05) is 18.7 Å². The molecule has 0 atom stereocenters. The van der Waals surface area contributed by atoms with E-state index in [0.717, 1.165) is 4.90 Å². The molecule has 0 saturated heterocycles. The summed E-state index contributed by atoms with van der Waals surface area (Å²) in [5, 5.41) is 15.4. The predicted molar refractivity (Wildman–Crippen MR) is 67.0 cm³/mol. The van der Waals surface area contributed by atoms with Crippen LogP contribution in [0, 0.1) is 0 Å². The van der Waals surface area contributed by atoms with Crippen LogP contribution in [0.25, 0.3) is 0 Å². The lowest BCUT2D eigenvalue weighted by Gasteiger charge is -2.04. The maximum absolute atomic E-state index is 11.5. The van der Waals surface area contributed by atoms with E-state index in [4.69, 9.17) is 10.2 Å². The SMILES string of the molecule is C=CN1C(=O)c2ccccc2C1=O.O=C(O)CC(=O)O. The van der Waals surface area contributed by atoms with Crippen molar-refractivity contribution in [3.8, 4) is 0 Å². The lowest BCUT2D eigenvalue weighted by atomic mass is 10.1. The summed E-state index contributed by atoms with van der Waals surface area (Å²) in [4.78, 5) is 42.8. The number of hydrogen-bond acceptors (Lipinski definition) is 4. The molecule has 1 aromatic carbocycles. The number of carboxylic acids is 2. The first-order valence-electron chi connectivity index (χ1n) is 5.41. The molecule has 7 nitrogen and oxygen atoms in total. The molecule has 2 rings (SSSR count). The van der Waals surface area contributed by atoms with Crippen LogP contribution in [0.15, 0.2) is 37.0 Å². The zero-order valence-corrected chi connectivity index (χ0v) is 10.3. The molecule has 104 valence electrons. The summed E-state index contributed by atoms with van der Waals surface area (Å²) >= 11 is 0. The van der Waals surface area contributed by atoms with Crippen LogP contribution >= 0.6 is 0 Å². The van der Waals surface area contributed by atoms with Crippen LogP contribution in [0.3, 0.4) is 0 Å². The molecule has 1 aromatic rings. The Balaban J connectivity index is 0.000000246. The highest BCUT2D eigenvalue weighted by Gasteiger charge is 2.32. The molecule has 0 unspecified atom stereocenters. The summed E-state index contributed by atoms with van der Waals surface area (Å²) in [5.41, 5.74) is 0.903. The Kier molecular flexibility index (Phi) is 4.74. The molecular formula is C13H11NO6. The summed E-state index contributed by atoms with van der Waals surface area (Å²) in [6.07, 6.45) is 0.435. The quantitative estimate of drug-likeness (QED) is 0.629. The molecule has 0 saturated carbocycles. The number of rotatable bonds is 3. The molecule has 0 aromatic heterocycles. The van der Waals surface area contributed by atoms with Crippen LogP contribution < -0.4 is 0 Å². The molecule has 2 amide bonds. The third-order valence-electron chi connectivity index (χ3n) is 2.31. The van der Waals surface area contributed by atoms with Crippen molar-refractivity contribution in [2.24, 2.45) is 0 Å². The predicted octanol–water partition coefficient (Wildman–Crippen LogP) is 0.972. The average Bonchev–Trinajstić information content (AvgIpc) is 2.61. The van der Waals surface area contributed by atoms with Crippen LogP contribution in [0.2, 0.25) is 0 Å². The van der Waals surface area contributed by atoms with E-state index < -0.39 is 18.4 Å². The zero-order valence-electron chi connectivity index (χ0n) is 10.3. The maximum Gasteiger partial charge on any atom is 0.314 e. The Labute approximate surface area is 113 Å². The first kappa shape index (κ1) is 15.1. The van der Waals surface area contributed by atoms with E-state index in [1.807, 2.05) is 0 Å². The average molecular weight is 277 g/mol. The third-order valence-corrected chi connectivity index (χ3v) is 2.31. The smallest absolute Gasteiger partial charge is 0.314 e. The van der Waals surface area contributed by atoms with Crippen LogP contribution in [-0.4, -0.2) is 38.9 Å². The highest BCUT2D eigenvalue weighted by atomic mass is 16.4. The molecule has 2 N–H and O–H groups in total. The summed E-state index contributed by atoms with van der Waals surface area (Å²) < 4.78 is 0. The van der Waals surface area contributed by atoms with Gasteiger partial charge >= 0.3 is 11.9 Å². The second kappa shape index (κ2) is 6.28. The Morgan fingerprint density at radius 2 is 1.45 bits per heavy atom. The van der Waals surface area contributed by atoms with Gasteiger partial charge in [-0.05, 0) is 12.1 Å². The molecule has 0 bridgehead atoms. The molecule has 0 aliphatic carbocycles. The first-order chi connectivity index (χ1) is 9.38. The minimum atomic E-state index is -1.31. The van der Waals surface area contributed by atoms with Crippen molar-refractivity contribution >= 4 is 23.8 Å². The van der Waals surface area contributed by atoms with Crippen molar-refractivity contribution in [1.29, 1.82) is 0 Å². The highest BCUT2D eigenvalue weighted by Crippen LogP contribution is 2.21. The van der Waals surface area contributed by atoms with Gasteiger partial charge in [0.2, 0.25) is 0 Å². The number of aliphatic carboxylic acids is 2. The summed E-state index contributed by atoms with van der Waals surface area (Å²) in [6.45, 7) is 3.41. The zero-order chi connectivity index (χ0) is 15.3. The summed E-state index contributed by atoms with van der Waals surface area (Å²) in [7, 11) is 0. The van der Waals surface area contributed by atoms with Gasteiger partial charge in [0.15, 0.2) is 0 Å². The Hall–Kier alpha value is -2.96. The van der Waals surface area contributed by atoms with Crippen molar-refractivity contribution in [1.82, 2.24) is 4.90 Å². The highest BCUT2D eigenvalue weighted by molar-refractivity contribution is 6.21. The molecular weight excluding hydrogens is 266 g/mol. The Morgan fingerprint density at radius 1 is 1.05 bits per heavy atom. The van der Waals surface area contributed by atoms with E-state index in [2.05, 4.69) is 6.58 Å². The minimum absolute atomic E-state index is 0.296. The van der Waals surface area contributed by atoms with Gasteiger partial charge in [-0.2, -0.15) is 0 Å². The van der Waals surface area contributed by atoms with Gasteiger partial charge in [0.05, 0.1) is 11.1 Å². The Morgan fingerprint density at radius 3 is 1.70 bits per heavy atom. The van der Waals surface area contributed by atoms with Crippen molar-refractivity contribution in [3.05, 3.63) is 48.2 Å². The van der Waals surface area contributed by atoms with Gasteiger partial charge in [0.1, 0.15) is 6.42 Å². The first-order valence-corrected chi connectivity index (χ1v) is 5.41. The number of carbonyl (C=O) groups excluding carboxylic acids is 2. The number of amides is 2. The summed E-state index contributed by atoms with van der Waals surface area (Å²) in [5.74, 6) is -3.22. The van der Waals surface area contributed by atoms with E-state index in [9.17, 15) is 19.2 Å². The van der Waals surface area contributed by atoms with Gasteiger partial charge in [-0.3, -0.25) is 19.2 Å². The standard InChI is InChI=1S/C10H7NO2.C3H4O4/c1-2-11-9(12)7-5-3-4-6-8(7)10(11)13;4-2(5)1-3(6)7/h2-6H,1H2;1H2,(H,4,5)(H,6,7). The molecule has 20 heavy (non-hydrogen) atoms. The fraction of sp³-hybridized carbons (Fsp3) is 0.0769. The monoisotopic (exact) mass is 277 g/mol. The lowest BCUT2D eigenvalue weighted by Crippen LogP contribution is -2.22. The van der Waals surface area contributed by atoms with E-state index in [1.165, 1.54) is 6.20 Å². The lowest BCUT2D eigenvalue weighted by molar-refractivity contribution is -0.147. The molecule has 0 spiro atoms. The number of carbonyl (C=O) groups is 4. The molecule has 1 heterocycles. The van der Waals surface area contributed by atoms with Crippen molar-refractivity contribution in [2.75, 3.05) is 0 Å². The second-order valence-electron chi connectivity index (χ2n) is 3.67. The van der Waals surface area contributed by atoms with Gasteiger partial charge < -0.3 is 10.2 Å². The molecule has 0 fully saturated rings. The topological polar surface area (TPSA) is 112 Å². The van der Waals surface area contributed by atoms with Crippen LogP contribution in [0.5, 0.6) is 0 Å². The minimum Gasteiger partial charge on any atom is -0.481 e. The Bertz CT molecular complexity index is 545. The third kappa shape index (κ3) is 3.29. The normalized spacial score (nSPS) is 12.3. The number of hydrogen-bond donors (Lipinski definition) is 2. The molecule has 7 heteroatoms. The van der Waals surface area contributed by atoms with E-state index in [0.29, 0.717) is 11.1 Å². The van der Waals surface area contributed by atoms with Gasteiger partial charge in [0.25, 0.3) is 11.8 Å². The van der Waals surface area contributed by atoms with Crippen molar-refractivity contribution in [2.45, 2.75) is 6.42 Å². The van der Waals surface area contributed by atoms with E-state index >= 15 is 0 Å². The molecule has 1 aliphatic heterocycles. The van der Waals surface area contributed by atoms with Gasteiger partial charge in [-0.15, -0.1) is 0 Å². The fourth-order valence-electron chi connectivity index (χ4n) is 1.50. The number of nitrogens with zero attached hydrogens (tertiary/aromatic N) is 1. The van der Waals surface area contributed by atoms with E-state index in [-0.39, 0.29) is 11.8 Å². The summed E-state index contributed by atoms with van der Waals surface area (Å²) in [6, 6.07) is 6.74.